The average molecular weight is 547 g/mol. The summed E-state index contributed by atoms with van der Waals surface area (Å²) in [5.74, 6) is -1.32. The van der Waals surface area contributed by atoms with Crippen LogP contribution in [0.5, 0.6) is 0 Å². The van der Waals surface area contributed by atoms with Crippen LogP contribution < -0.4 is 0 Å². The number of carboxylic acid groups (broad SMARTS) is 1. The van der Waals surface area contributed by atoms with E-state index in [1.807, 2.05) is 6.08 Å². The number of Topliss-reactive ketones (excluding diaryl/α,β-unsaturated/α-hetero) is 1. The summed E-state index contributed by atoms with van der Waals surface area (Å²) < 4.78 is 0. The van der Waals surface area contributed by atoms with E-state index in [2.05, 4.69) is 13.8 Å². The maximum absolute atomic E-state index is 12.4. The van der Waals surface area contributed by atoms with Crippen LogP contribution in [0.25, 0.3) is 0 Å². The highest BCUT2D eigenvalue weighted by molar-refractivity contribution is 6.16. The van der Waals surface area contributed by atoms with Crippen LogP contribution in [-0.4, -0.2) is 16.9 Å². The molecule has 0 aliphatic rings. The van der Waals surface area contributed by atoms with Gasteiger partial charge in [-0.15, -0.1) is 0 Å². The van der Waals surface area contributed by atoms with Gasteiger partial charge in [-0.1, -0.05) is 180 Å². The van der Waals surface area contributed by atoms with Crippen molar-refractivity contribution in [3.8, 4) is 0 Å². The molecular formula is C36H66O3. The van der Waals surface area contributed by atoms with Crippen LogP contribution in [0.2, 0.25) is 0 Å². The van der Waals surface area contributed by atoms with Crippen molar-refractivity contribution < 1.29 is 14.7 Å². The molecule has 3 nitrogen and oxygen atoms in total. The standard InChI is InChI=1S/C36H66O3/c1-3-5-7-9-11-13-15-17-18-19-21-22-24-26-28-30-32-34(36(38)39)35(37)33-31-29-27-25-23-20-16-14-12-10-8-6-4-2/h28,30,32H,3-27,29,31,33H2,1-2H3,(H,38,39). The van der Waals surface area contributed by atoms with Gasteiger partial charge in [0, 0.05) is 6.42 Å². The lowest BCUT2D eigenvalue weighted by atomic mass is 10.0. The van der Waals surface area contributed by atoms with Gasteiger partial charge in [-0.3, -0.25) is 4.79 Å². The third kappa shape index (κ3) is 28.0. The molecule has 0 radical (unpaired) electrons. The summed E-state index contributed by atoms with van der Waals surface area (Å²) in [6, 6.07) is 0. The van der Waals surface area contributed by atoms with Crippen molar-refractivity contribution in [1.29, 1.82) is 0 Å². The molecule has 0 aliphatic heterocycles. The van der Waals surface area contributed by atoms with E-state index in [0.717, 1.165) is 32.1 Å². The van der Waals surface area contributed by atoms with Crippen molar-refractivity contribution in [2.24, 2.45) is 0 Å². The Morgan fingerprint density at radius 3 is 1.18 bits per heavy atom. The molecule has 39 heavy (non-hydrogen) atoms. The van der Waals surface area contributed by atoms with Crippen LogP contribution in [0, 0.1) is 0 Å². The Morgan fingerprint density at radius 2 is 0.821 bits per heavy atom. The molecule has 0 rings (SSSR count). The minimum Gasteiger partial charge on any atom is -0.478 e. The van der Waals surface area contributed by atoms with Gasteiger partial charge in [-0.05, 0) is 25.3 Å². The fourth-order valence-electron chi connectivity index (χ4n) is 5.26. The van der Waals surface area contributed by atoms with Crippen molar-refractivity contribution >= 4 is 11.8 Å². The number of carbonyl (C=O) groups excluding carboxylic acids is 1. The van der Waals surface area contributed by atoms with Gasteiger partial charge in [0.15, 0.2) is 5.78 Å². The topological polar surface area (TPSA) is 54.4 Å². The Balaban J connectivity index is 3.71. The second-order valence-electron chi connectivity index (χ2n) is 11.8. The smallest absolute Gasteiger partial charge is 0.339 e. The quantitative estimate of drug-likeness (QED) is 0.0309. The highest BCUT2D eigenvalue weighted by Crippen LogP contribution is 2.15. The first-order valence-corrected chi connectivity index (χ1v) is 17.3. The fourth-order valence-corrected chi connectivity index (χ4v) is 5.26. The molecular weight excluding hydrogens is 480 g/mol. The van der Waals surface area contributed by atoms with Crippen molar-refractivity contribution in [1.82, 2.24) is 0 Å². The predicted molar refractivity (Wildman–Crippen MR) is 170 cm³/mol. The Labute approximate surface area is 243 Å². The lowest BCUT2D eigenvalue weighted by Crippen LogP contribution is -2.11. The Bertz CT molecular complexity index is 604. The second kappa shape index (κ2) is 31.2. The van der Waals surface area contributed by atoms with Crippen LogP contribution in [0.4, 0.5) is 0 Å². The molecule has 0 aromatic heterocycles. The van der Waals surface area contributed by atoms with Crippen molar-refractivity contribution in [2.75, 3.05) is 0 Å². The van der Waals surface area contributed by atoms with E-state index < -0.39 is 5.97 Å². The summed E-state index contributed by atoms with van der Waals surface area (Å²) in [6.07, 6.45) is 40.5. The van der Waals surface area contributed by atoms with Crippen molar-refractivity contribution in [3.63, 3.8) is 0 Å². The largest absolute Gasteiger partial charge is 0.478 e. The van der Waals surface area contributed by atoms with Gasteiger partial charge >= 0.3 is 5.97 Å². The molecule has 0 heterocycles. The second-order valence-corrected chi connectivity index (χ2v) is 11.8. The molecule has 0 saturated carbocycles. The van der Waals surface area contributed by atoms with Gasteiger partial charge in [0.2, 0.25) is 0 Å². The number of carbonyl (C=O) groups is 2. The van der Waals surface area contributed by atoms with Crippen LogP contribution in [0.15, 0.2) is 23.8 Å². The van der Waals surface area contributed by atoms with Crippen molar-refractivity contribution in [3.05, 3.63) is 23.8 Å². The molecule has 0 aliphatic carbocycles. The summed E-state index contributed by atoms with van der Waals surface area (Å²) in [5, 5.41) is 9.45. The van der Waals surface area contributed by atoms with Gasteiger partial charge in [-0.25, -0.2) is 4.79 Å². The number of hydrogen-bond acceptors (Lipinski definition) is 2. The van der Waals surface area contributed by atoms with Gasteiger partial charge in [-0.2, -0.15) is 0 Å². The number of ketones is 1. The Hall–Kier alpha value is -1.38. The SMILES string of the molecule is CCCCCCCCCCCCCCCC=CC=C(C(=O)O)C(=O)CCCCCCCCCCCCCCC. The number of hydrogen-bond donors (Lipinski definition) is 1. The van der Waals surface area contributed by atoms with Gasteiger partial charge in [0.25, 0.3) is 0 Å². The maximum atomic E-state index is 12.4. The zero-order valence-corrected chi connectivity index (χ0v) is 26.3. The molecule has 0 amide bonds. The van der Waals surface area contributed by atoms with E-state index in [9.17, 15) is 14.7 Å². The summed E-state index contributed by atoms with van der Waals surface area (Å²) in [7, 11) is 0. The first-order chi connectivity index (χ1) is 19.1. The first-order valence-electron chi connectivity index (χ1n) is 17.3. The molecule has 0 fully saturated rings. The molecule has 0 atom stereocenters. The minimum atomic E-state index is -1.10. The maximum Gasteiger partial charge on any atom is 0.339 e. The third-order valence-electron chi connectivity index (χ3n) is 7.91. The van der Waals surface area contributed by atoms with E-state index >= 15 is 0 Å². The molecule has 228 valence electrons. The van der Waals surface area contributed by atoms with E-state index in [4.69, 9.17) is 0 Å². The summed E-state index contributed by atoms with van der Waals surface area (Å²) in [6.45, 7) is 4.53. The predicted octanol–water partition coefficient (Wildman–Crippen LogP) is 12.1. The number of aliphatic carboxylic acids is 1. The highest BCUT2D eigenvalue weighted by atomic mass is 16.4. The molecule has 0 unspecified atom stereocenters. The fraction of sp³-hybridized carbons (Fsp3) is 0.833. The number of allylic oxidation sites excluding steroid dienone is 3. The molecule has 3 heteroatoms. The van der Waals surface area contributed by atoms with E-state index in [0.29, 0.717) is 6.42 Å². The zero-order chi connectivity index (χ0) is 28.7. The van der Waals surface area contributed by atoms with Gasteiger partial charge in [0.05, 0.1) is 0 Å². The lowest BCUT2D eigenvalue weighted by molar-refractivity contribution is -0.134. The normalized spacial score (nSPS) is 12.0. The van der Waals surface area contributed by atoms with Crippen LogP contribution in [0.1, 0.15) is 194 Å². The summed E-state index contributed by atoms with van der Waals surface area (Å²) >= 11 is 0. The Morgan fingerprint density at radius 1 is 0.487 bits per heavy atom. The average Bonchev–Trinajstić information content (AvgIpc) is 2.92. The number of carboxylic acids is 1. The van der Waals surface area contributed by atoms with Gasteiger partial charge < -0.3 is 5.11 Å². The van der Waals surface area contributed by atoms with Crippen molar-refractivity contribution in [2.45, 2.75) is 194 Å². The number of unbranched alkanes of at least 4 members (excludes halogenated alkanes) is 25. The molecule has 0 aromatic carbocycles. The highest BCUT2D eigenvalue weighted by Gasteiger charge is 2.15. The van der Waals surface area contributed by atoms with Gasteiger partial charge in [0.1, 0.15) is 5.57 Å². The third-order valence-corrected chi connectivity index (χ3v) is 7.91. The van der Waals surface area contributed by atoms with Crippen LogP contribution in [-0.2, 0) is 9.59 Å². The molecule has 1 N–H and O–H groups in total. The van der Waals surface area contributed by atoms with Crippen LogP contribution >= 0.6 is 0 Å². The zero-order valence-electron chi connectivity index (χ0n) is 26.3. The van der Waals surface area contributed by atoms with Crippen LogP contribution in [0.3, 0.4) is 0 Å². The molecule has 0 spiro atoms. The number of rotatable bonds is 31. The first kappa shape index (κ1) is 37.6. The lowest BCUT2D eigenvalue weighted by Gasteiger charge is -2.04. The molecule has 0 aromatic rings. The monoisotopic (exact) mass is 547 g/mol. The van der Waals surface area contributed by atoms with E-state index in [1.165, 1.54) is 147 Å². The van der Waals surface area contributed by atoms with E-state index in [-0.39, 0.29) is 11.4 Å². The minimum absolute atomic E-state index is 0.0597. The van der Waals surface area contributed by atoms with E-state index in [1.54, 1.807) is 6.08 Å². The molecule has 0 bridgehead atoms. The summed E-state index contributed by atoms with van der Waals surface area (Å²) in [5.41, 5.74) is -0.0597. The molecule has 0 saturated heterocycles. The summed E-state index contributed by atoms with van der Waals surface area (Å²) in [4.78, 5) is 23.9. The Kier molecular flexibility index (Phi) is 30.0.